The van der Waals surface area contributed by atoms with Crippen LogP contribution in [-0.4, -0.2) is 36.1 Å². The smallest absolute Gasteiger partial charge is 0.229 e. The molecule has 0 atom stereocenters. The quantitative estimate of drug-likeness (QED) is 0.736. The van der Waals surface area contributed by atoms with Crippen molar-refractivity contribution in [3.63, 3.8) is 0 Å². The van der Waals surface area contributed by atoms with Gasteiger partial charge in [-0.05, 0) is 31.2 Å². The van der Waals surface area contributed by atoms with E-state index in [1.54, 1.807) is 30.3 Å². The predicted octanol–water partition coefficient (Wildman–Crippen LogP) is 4.13. The van der Waals surface area contributed by atoms with Crippen LogP contribution < -0.4 is 15.1 Å². The highest BCUT2D eigenvalue weighted by molar-refractivity contribution is 5.57. The van der Waals surface area contributed by atoms with E-state index in [9.17, 15) is 8.78 Å². The highest BCUT2D eigenvalue weighted by Gasteiger charge is 2.21. The van der Waals surface area contributed by atoms with Crippen LogP contribution in [0.25, 0.3) is 0 Å². The number of aromatic nitrogens is 2. The fraction of sp³-hybridized carbons (Fsp3) is 0.238. The van der Waals surface area contributed by atoms with Gasteiger partial charge in [-0.1, -0.05) is 24.3 Å². The maximum Gasteiger partial charge on any atom is 0.229 e. The lowest BCUT2D eigenvalue weighted by atomic mass is 10.2. The summed E-state index contributed by atoms with van der Waals surface area (Å²) >= 11 is 0. The number of halogens is 2. The van der Waals surface area contributed by atoms with Crippen LogP contribution in [0.3, 0.4) is 0 Å². The molecule has 0 aliphatic carbocycles. The molecule has 3 aromatic rings. The molecule has 0 amide bonds. The number of anilines is 4. The van der Waals surface area contributed by atoms with Crippen LogP contribution in [0.15, 0.2) is 54.6 Å². The molecule has 5 nitrogen and oxygen atoms in total. The molecule has 1 aromatic heterocycles. The Labute approximate surface area is 162 Å². The van der Waals surface area contributed by atoms with Gasteiger partial charge in [0.2, 0.25) is 5.95 Å². The molecule has 0 unspecified atom stereocenters. The van der Waals surface area contributed by atoms with Gasteiger partial charge in [0.15, 0.2) is 0 Å². The Morgan fingerprint density at radius 2 is 1.46 bits per heavy atom. The van der Waals surface area contributed by atoms with Gasteiger partial charge in [-0.15, -0.1) is 0 Å². The first kappa shape index (κ1) is 18.2. The van der Waals surface area contributed by atoms with E-state index in [1.807, 2.05) is 24.0 Å². The Kier molecular flexibility index (Phi) is 5.06. The molecule has 1 fully saturated rings. The van der Waals surface area contributed by atoms with Crippen LogP contribution in [0.5, 0.6) is 0 Å². The van der Waals surface area contributed by atoms with Gasteiger partial charge in [0.05, 0.1) is 11.4 Å². The molecular formula is C21H21F2N5. The Hall–Kier alpha value is -3.22. The molecule has 2 aromatic carbocycles. The molecule has 1 aliphatic rings. The van der Waals surface area contributed by atoms with Gasteiger partial charge in [0, 0.05) is 37.9 Å². The largest absolute Gasteiger partial charge is 0.366 e. The molecule has 7 heteroatoms. The number of piperazine rings is 1. The lowest BCUT2D eigenvalue weighted by molar-refractivity contribution is 0.596. The van der Waals surface area contributed by atoms with Crippen molar-refractivity contribution >= 4 is 23.1 Å². The normalized spacial score (nSPS) is 14.2. The van der Waals surface area contributed by atoms with Crippen molar-refractivity contribution in [3.05, 3.63) is 71.9 Å². The second-order valence-corrected chi connectivity index (χ2v) is 6.72. The van der Waals surface area contributed by atoms with Gasteiger partial charge in [-0.3, -0.25) is 0 Å². The van der Waals surface area contributed by atoms with Crippen LogP contribution >= 0.6 is 0 Å². The van der Waals surface area contributed by atoms with E-state index in [0.29, 0.717) is 43.5 Å². The molecule has 1 aliphatic heterocycles. The lowest BCUT2D eigenvalue weighted by Gasteiger charge is -2.37. The van der Waals surface area contributed by atoms with Crippen LogP contribution in [0, 0.1) is 18.6 Å². The summed E-state index contributed by atoms with van der Waals surface area (Å²) in [6.07, 6.45) is 0. The van der Waals surface area contributed by atoms with Crippen molar-refractivity contribution < 1.29 is 8.78 Å². The predicted molar refractivity (Wildman–Crippen MR) is 107 cm³/mol. The van der Waals surface area contributed by atoms with Gasteiger partial charge in [-0.2, -0.15) is 4.98 Å². The van der Waals surface area contributed by atoms with Crippen LogP contribution in [0.4, 0.5) is 31.9 Å². The highest BCUT2D eigenvalue weighted by atomic mass is 19.1. The maximum absolute atomic E-state index is 14.0. The summed E-state index contributed by atoms with van der Waals surface area (Å²) in [6.45, 7) is 4.70. The van der Waals surface area contributed by atoms with E-state index in [4.69, 9.17) is 0 Å². The number of benzene rings is 2. The topological polar surface area (TPSA) is 44.3 Å². The molecule has 1 N–H and O–H groups in total. The van der Waals surface area contributed by atoms with Crippen molar-refractivity contribution in [2.75, 3.05) is 41.3 Å². The average Bonchev–Trinajstić information content (AvgIpc) is 2.70. The fourth-order valence-electron chi connectivity index (χ4n) is 3.34. The number of hydrogen-bond acceptors (Lipinski definition) is 5. The minimum atomic E-state index is -0.354. The minimum Gasteiger partial charge on any atom is -0.366 e. The Balaban J connectivity index is 1.49. The average molecular weight is 381 g/mol. The van der Waals surface area contributed by atoms with Crippen molar-refractivity contribution in [3.8, 4) is 0 Å². The molecule has 0 bridgehead atoms. The molecule has 0 saturated carbocycles. The highest BCUT2D eigenvalue weighted by Crippen LogP contribution is 2.24. The number of aryl methyl sites for hydroxylation is 1. The number of hydrogen-bond donors (Lipinski definition) is 1. The summed E-state index contributed by atoms with van der Waals surface area (Å²) in [5.74, 6) is 0.578. The van der Waals surface area contributed by atoms with Gasteiger partial charge in [0.25, 0.3) is 0 Å². The SMILES string of the molecule is Cc1cc(N2CCN(c3ccccc3F)CC2)nc(Nc2ccccc2F)n1. The van der Waals surface area contributed by atoms with Gasteiger partial charge >= 0.3 is 0 Å². The zero-order valence-electron chi connectivity index (χ0n) is 15.6. The Morgan fingerprint density at radius 3 is 2.18 bits per heavy atom. The third-order valence-corrected chi connectivity index (χ3v) is 4.76. The summed E-state index contributed by atoms with van der Waals surface area (Å²) in [4.78, 5) is 13.1. The van der Waals surface area contributed by atoms with Crippen molar-refractivity contribution in [1.82, 2.24) is 9.97 Å². The summed E-state index contributed by atoms with van der Waals surface area (Å²) in [7, 11) is 0. The van der Waals surface area contributed by atoms with Gasteiger partial charge < -0.3 is 15.1 Å². The van der Waals surface area contributed by atoms with Gasteiger partial charge in [0.1, 0.15) is 17.5 Å². The summed E-state index contributed by atoms with van der Waals surface area (Å²) in [6, 6.07) is 15.2. The molecule has 144 valence electrons. The first-order valence-corrected chi connectivity index (χ1v) is 9.22. The Bertz CT molecular complexity index is 971. The van der Waals surface area contributed by atoms with E-state index in [-0.39, 0.29) is 11.6 Å². The molecule has 1 saturated heterocycles. The van der Waals surface area contributed by atoms with E-state index in [0.717, 1.165) is 11.5 Å². The maximum atomic E-state index is 14.0. The van der Waals surface area contributed by atoms with Crippen molar-refractivity contribution in [2.45, 2.75) is 6.92 Å². The van der Waals surface area contributed by atoms with Crippen LogP contribution in [0.1, 0.15) is 5.69 Å². The van der Waals surface area contributed by atoms with Gasteiger partial charge in [-0.25, -0.2) is 13.8 Å². The van der Waals surface area contributed by atoms with E-state index < -0.39 is 0 Å². The third kappa shape index (κ3) is 3.88. The van der Waals surface area contributed by atoms with E-state index in [2.05, 4.69) is 20.2 Å². The Morgan fingerprint density at radius 1 is 0.821 bits per heavy atom. The zero-order valence-corrected chi connectivity index (χ0v) is 15.6. The summed E-state index contributed by atoms with van der Waals surface area (Å²) in [5.41, 5.74) is 1.76. The zero-order chi connectivity index (χ0) is 19.5. The van der Waals surface area contributed by atoms with Crippen LogP contribution in [-0.2, 0) is 0 Å². The van der Waals surface area contributed by atoms with E-state index in [1.165, 1.54) is 12.1 Å². The molecular weight excluding hydrogens is 360 g/mol. The first-order chi connectivity index (χ1) is 13.6. The molecule has 4 rings (SSSR count). The molecule has 28 heavy (non-hydrogen) atoms. The van der Waals surface area contributed by atoms with Crippen molar-refractivity contribution in [2.24, 2.45) is 0 Å². The lowest BCUT2D eigenvalue weighted by Crippen LogP contribution is -2.47. The van der Waals surface area contributed by atoms with E-state index >= 15 is 0 Å². The second kappa shape index (κ2) is 7.80. The number of para-hydroxylation sites is 2. The number of nitrogens with one attached hydrogen (secondary N) is 1. The summed E-state index contributed by atoms with van der Waals surface area (Å²) < 4.78 is 27.9. The van der Waals surface area contributed by atoms with Crippen LogP contribution in [0.2, 0.25) is 0 Å². The minimum absolute atomic E-state index is 0.204. The third-order valence-electron chi connectivity index (χ3n) is 4.76. The second-order valence-electron chi connectivity index (χ2n) is 6.72. The first-order valence-electron chi connectivity index (χ1n) is 9.22. The molecule has 2 heterocycles. The fourth-order valence-corrected chi connectivity index (χ4v) is 3.34. The number of rotatable bonds is 4. The molecule has 0 spiro atoms. The number of nitrogens with zero attached hydrogens (tertiary/aromatic N) is 4. The standard InChI is InChI=1S/C21H21F2N5/c1-15-14-20(26-21(24-15)25-18-8-4-2-6-16(18)22)28-12-10-27(11-13-28)19-9-5-3-7-17(19)23/h2-9,14H,10-13H2,1H3,(H,24,25,26). The molecule has 0 radical (unpaired) electrons. The summed E-state index contributed by atoms with van der Waals surface area (Å²) in [5, 5.41) is 2.95. The monoisotopic (exact) mass is 381 g/mol. The van der Waals surface area contributed by atoms with Crippen molar-refractivity contribution in [1.29, 1.82) is 0 Å².